The van der Waals surface area contributed by atoms with Gasteiger partial charge in [0.05, 0.1) is 5.69 Å². The molecular formula is C17H19FN2O2. The van der Waals surface area contributed by atoms with E-state index >= 15 is 0 Å². The second-order valence-corrected chi connectivity index (χ2v) is 5.18. The van der Waals surface area contributed by atoms with Crippen LogP contribution in [0, 0.1) is 5.82 Å². The van der Waals surface area contributed by atoms with Crippen molar-refractivity contribution in [1.29, 1.82) is 0 Å². The van der Waals surface area contributed by atoms with Crippen LogP contribution in [0.25, 0.3) is 0 Å². The van der Waals surface area contributed by atoms with Crippen LogP contribution < -0.4 is 5.06 Å². The fourth-order valence-corrected chi connectivity index (χ4v) is 2.17. The van der Waals surface area contributed by atoms with Gasteiger partial charge in [-0.05, 0) is 36.8 Å². The molecule has 4 nitrogen and oxygen atoms in total. The molecule has 0 fully saturated rings. The summed E-state index contributed by atoms with van der Waals surface area (Å²) in [7, 11) is 1.65. The van der Waals surface area contributed by atoms with Crippen molar-refractivity contribution < 1.29 is 14.4 Å². The Morgan fingerprint density at radius 3 is 2.32 bits per heavy atom. The number of para-hydroxylation sites is 1. The number of benzene rings is 2. The summed E-state index contributed by atoms with van der Waals surface area (Å²) in [6, 6.07) is 14.1. The average molecular weight is 302 g/mol. The largest absolute Gasteiger partial charge is 0.340 e. The first-order chi connectivity index (χ1) is 10.5. The lowest BCUT2D eigenvalue weighted by atomic mass is 10.2. The van der Waals surface area contributed by atoms with Gasteiger partial charge in [-0.15, -0.1) is 0 Å². The first-order valence-electron chi connectivity index (χ1n) is 7.01. The summed E-state index contributed by atoms with van der Waals surface area (Å²) in [6.45, 7) is 1.99. The molecule has 5 heteroatoms. The number of nitrogens with zero attached hydrogens (tertiary/aromatic N) is 2. The molecule has 2 aromatic carbocycles. The summed E-state index contributed by atoms with van der Waals surface area (Å²) >= 11 is 0. The van der Waals surface area contributed by atoms with Crippen LogP contribution in [0.1, 0.15) is 12.5 Å². The minimum atomic E-state index is -0.715. The molecule has 0 aromatic heterocycles. The number of rotatable bonds is 5. The van der Waals surface area contributed by atoms with E-state index in [4.69, 9.17) is 0 Å². The van der Waals surface area contributed by atoms with Gasteiger partial charge in [0.15, 0.2) is 0 Å². The van der Waals surface area contributed by atoms with E-state index in [-0.39, 0.29) is 11.7 Å². The van der Waals surface area contributed by atoms with Crippen LogP contribution in [0.15, 0.2) is 54.6 Å². The number of hydrogen-bond acceptors (Lipinski definition) is 3. The van der Waals surface area contributed by atoms with E-state index in [0.717, 1.165) is 10.6 Å². The molecule has 2 aromatic rings. The standard InChI is InChI=1S/C17H19FN2O2/c1-13(20(22)16-6-4-3-5-7-16)17(21)19(2)12-14-8-10-15(18)11-9-14/h3-11,13,22H,12H2,1-2H3/t13-/m0/s1. The van der Waals surface area contributed by atoms with E-state index in [1.165, 1.54) is 17.0 Å². The molecule has 0 saturated carbocycles. The number of anilines is 1. The fraction of sp³-hybridized carbons (Fsp3) is 0.235. The highest BCUT2D eigenvalue weighted by molar-refractivity contribution is 5.84. The Bertz CT molecular complexity index is 616. The molecule has 0 aliphatic carbocycles. The molecule has 0 spiro atoms. The van der Waals surface area contributed by atoms with Crippen LogP contribution in [-0.4, -0.2) is 29.1 Å². The lowest BCUT2D eigenvalue weighted by molar-refractivity contribution is -0.132. The summed E-state index contributed by atoms with van der Waals surface area (Å²) < 4.78 is 12.9. The van der Waals surface area contributed by atoms with Crippen molar-refractivity contribution in [3.05, 3.63) is 66.0 Å². The molecule has 0 radical (unpaired) electrons. The van der Waals surface area contributed by atoms with Gasteiger partial charge in [-0.3, -0.25) is 10.0 Å². The molecule has 2 rings (SSSR count). The van der Waals surface area contributed by atoms with Crippen molar-refractivity contribution in [3.63, 3.8) is 0 Å². The third kappa shape index (κ3) is 3.83. The van der Waals surface area contributed by atoms with E-state index in [0.29, 0.717) is 12.2 Å². The Balaban J connectivity index is 2.01. The first kappa shape index (κ1) is 16.0. The zero-order valence-corrected chi connectivity index (χ0v) is 12.6. The normalized spacial score (nSPS) is 11.8. The number of halogens is 1. The lowest BCUT2D eigenvalue weighted by Gasteiger charge is -2.28. The SMILES string of the molecule is C[C@@H](C(=O)N(C)Cc1ccc(F)cc1)N(O)c1ccccc1. The van der Waals surface area contributed by atoms with Gasteiger partial charge in [-0.2, -0.15) is 0 Å². The fourth-order valence-electron chi connectivity index (χ4n) is 2.17. The summed E-state index contributed by atoms with van der Waals surface area (Å²) in [4.78, 5) is 13.9. The Kier molecular flexibility index (Phi) is 5.12. The van der Waals surface area contributed by atoms with E-state index in [2.05, 4.69) is 0 Å². The molecule has 0 saturated heterocycles. The number of carbonyl (C=O) groups excluding carboxylic acids is 1. The third-order valence-corrected chi connectivity index (χ3v) is 3.45. The molecule has 0 unspecified atom stereocenters. The van der Waals surface area contributed by atoms with Crippen LogP contribution in [0.2, 0.25) is 0 Å². The van der Waals surface area contributed by atoms with Gasteiger partial charge in [0, 0.05) is 13.6 Å². The van der Waals surface area contributed by atoms with E-state index in [1.807, 2.05) is 6.07 Å². The van der Waals surface area contributed by atoms with Crippen LogP contribution in [0.3, 0.4) is 0 Å². The molecule has 116 valence electrons. The number of hydroxylamine groups is 1. The topological polar surface area (TPSA) is 43.8 Å². The van der Waals surface area contributed by atoms with E-state index in [9.17, 15) is 14.4 Å². The monoisotopic (exact) mass is 302 g/mol. The van der Waals surface area contributed by atoms with Crippen LogP contribution in [0.4, 0.5) is 10.1 Å². The minimum Gasteiger partial charge on any atom is -0.340 e. The molecule has 0 aliphatic heterocycles. The number of amides is 1. The Hall–Kier alpha value is -2.40. The van der Waals surface area contributed by atoms with Gasteiger partial charge in [0.2, 0.25) is 5.91 Å². The maximum atomic E-state index is 12.9. The highest BCUT2D eigenvalue weighted by Crippen LogP contribution is 2.15. The zero-order valence-electron chi connectivity index (χ0n) is 12.6. The van der Waals surface area contributed by atoms with E-state index < -0.39 is 6.04 Å². The van der Waals surface area contributed by atoms with Crippen molar-refractivity contribution >= 4 is 11.6 Å². The summed E-state index contributed by atoms with van der Waals surface area (Å²) in [5, 5.41) is 11.1. The smallest absolute Gasteiger partial charge is 0.247 e. The van der Waals surface area contributed by atoms with Crippen molar-refractivity contribution in [3.8, 4) is 0 Å². The predicted molar refractivity (Wildman–Crippen MR) is 83.0 cm³/mol. The predicted octanol–water partition coefficient (Wildman–Crippen LogP) is 3.07. The van der Waals surface area contributed by atoms with Crippen LogP contribution >= 0.6 is 0 Å². The maximum Gasteiger partial charge on any atom is 0.247 e. The number of likely N-dealkylation sites (N-methyl/N-ethyl adjacent to an activating group) is 1. The second kappa shape index (κ2) is 7.04. The van der Waals surface area contributed by atoms with Crippen molar-refractivity contribution in [2.24, 2.45) is 0 Å². The molecule has 22 heavy (non-hydrogen) atoms. The molecule has 1 atom stereocenters. The van der Waals surface area contributed by atoms with Crippen molar-refractivity contribution in [2.75, 3.05) is 12.1 Å². The summed E-state index contributed by atoms with van der Waals surface area (Å²) in [6.07, 6.45) is 0. The van der Waals surface area contributed by atoms with Crippen LogP contribution in [-0.2, 0) is 11.3 Å². The molecule has 1 amide bonds. The number of carbonyl (C=O) groups is 1. The highest BCUT2D eigenvalue weighted by atomic mass is 19.1. The highest BCUT2D eigenvalue weighted by Gasteiger charge is 2.23. The molecule has 0 bridgehead atoms. The maximum absolute atomic E-state index is 12.9. The minimum absolute atomic E-state index is 0.226. The Morgan fingerprint density at radius 1 is 1.14 bits per heavy atom. The van der Waals surface area contributed by atoms with Gasteiger partial charge in [-0.1, -0.05) is 30.3 Å². The second-order valence-electron chi connectivity index (χ2n) is 5.18. The van der Waals surface area contributed by atoms with Gasteiger partial charge in [-0.25, -0.2) is 9.45 Å². The number of hydrogen-bond donors (Lipinski definition) is 1. The Morgan fingerprint density at radius 2 is 1.73 bits per heavy atom. The molecule has 0 heterocycles. The average Bonchev–Trinajstić information content (AvgIpc) is 2.55. The molecular weight excluding hydrogens is 283 g/mol. The molecule has 1 N–H and O–H groups in total. The molecule has 0 aliphatic rings. The van der Waals surface area contributed by atoms with Gasteiger partial charge in [0.25, 0.3) is 0 Å². The third-order valence-electron chi connectivity index (χ3n) is 3.45. The van der Waals surface area contributed by atoms with Gasteiger partial charge >= 0.3 is 0 Å². The van der Waals surface area contributed by atoms with E-state index in [1.54, 1.807) is 50.4 Å². The van der Waals surface area contributed by atoms with Crippen molar-refractivity contribution in [1.82, 2.24) is 4.90 Å². The van der Waals surface area contributed by atoms with Gasteiger partial charge in [0.1, 0.15) is 11.9 Å². The summed E-state index contributed by atoms with van der Waals surface area (Å²) in [5.74, 6) is -0.535. The zero-order chi connectivity index (χ0) is 16.1. The van der Waals surface area contributed by atoms with Crippen molar-refractivity contribution in [2.45, 2.75) is 19.5 Å². The first-order valence-corrected chi connectivity index (χ1v) is 7.01. The quantitative estimate of drug-likeness (QED) is 0.863. The Labute approximate surface area is 129 Å². The van der Waals surface area contributed by atoms with Gasteiger partial charge < -0.3 is 4.90 Å². The van der Waals surface area contributed by atoms with Crippen LogP contribution in [0.5, 0.6) is 0 Å². The lowest BCUT2D eigenvalue weighted by Crippen LogP contribution is -2.44. The summed E-state index contributed by atoms with van der Waals surface area (Å²) in [5.41, 5.74) is 1.38.